The molecule has 0 unspecified atom stereocenters. The van der Waals surface area contributed by atoms with Crippen LogP contribution in [0.15, 0.2) is 65.2 Å². The lowest BCUT2D eigenvalue weighted by Crippen LogP contribution is -2.49. The Balaban J connectivity index is 1.26. The fourth-order valence-corrected chi connectivity index (χ4v) is 3.38. The molecule has 150 valence electrons. The van der Waals surface area contributed by atoms with E-state index in [1.165, 1.54) is 5.56 Å². The lowest BCUT2D eigenvalue weighted by molar-refractivity contribution is 0.0581. The van der Waals surface area contributed by atoms with Crippen molar-refractivity contribution in [3.63, 3.8) is 0 Å². The van der Waals surface area contributed by atoms with E-state index in [1.54, 1.807) is 6.07 Å². The maximum atomic E-state index is 12.8. The first-order valence-electron chi connectivity index (χ1n) is 9.92. The Kier molecular flexibility index (Phi) is 5.91. The number of para-hydroxylation sites is 1. The zero-order valence-electron chi connectivity index (χ0n) is 16.6. The molecule has 0 aliphatic carbocycles. The third-order valence-corrected chi connectivity index (χ3v) is 5.15. The molecule has 0 bridgehead atoms. The molecule has 0 atom stereocenters. The molecule has 4 rings (SSSR count). The van der Waals surface area contributed by atoms with Crippen LogP contribution in [-0.4, -0.2) is 60.2 Å². The van der Waals surface area contributed by atoms with Crippen molar-refractivity contribution in [3.05, 3.63) is 72.0 Å². The van der Waals surface area contributed by atoms with Crippen molar-refractivity contribution in [2.45, 2.75) is 6.92 Å². The summed E-state index contributed by atoms with van der Waals surface area (Å²) in [5, 5.41) is 4.07. The number of aryl methyl sites for hydroxylation is 1. The molecule has 0 N–H and O–H groups in total. The van der Waals surface area contributed by atoms with E-state index in [-0.39, 0.29) is 5.91 Å². The molecule has 0 radical (unpaired) electrons. The largest absolute Gasteiger partial charge is 0.492 e. The van der Waals surface area contributed by atoms with Gasteiger partial charge in [0.1, 0.15) is 18.1 Å². The lowest BCUT2D eigenvalue weighted by atomic mass is 10.1. The molecule has 2 aromatic carbocycles. The van der Waals surface area contributed by atoms with E-state index in [4.69, 9.17) is 9.26 Å². The molecule has 1 amide bonds. The van der Waals surface area contributed by atoms with Gasteiger partial charge in [-0.3, -0.25) is 9.69 Å². The van der Waals surface area contributed by atoms with Crippen molar-refractivity contribution in [1.82, 2.24) is 15.0 Å². The average Bonchev–Trinajstić information content (AvgIpc) is 3.25. The number of aromatic nitrogens is 1. The van der Waals surface area contributed by atoms with Crippen LogP contribution in [0, 0.1) is 6.92 Å². The lowest BCUT2D eigenvalue weighted by Gasteiger charge is -2.34. The zero-order chi connectivity index (χ0) is 20.1. The number of hydrogen-bond acceptors (Lipinski definition) is 5. The van der Waals surface area contributed by atoms with Gasteiger partial charge in [0, 0.05) is 44.4 Å². The van der Waals surface area contributed by atoms with Gasteiger partial charge in [-0.1, -0.05) is 53.2 Å². The van der Waals surface area contributed by atoms with Gasteiger partial charge >= 0.3 is 0 Å². The molecule has 1 fully saturated rings. The Labute approximate surface area is 170 Å². The Morgan fingerprint density at radius 1 is 1.03 bits per heavy atom. The fraction of sp³-hybridized carbons (Fsp3) is 0.304. The second-order valence-corrected chi connectivity index (χ2v) is 7.24. The van der Waals surface area contributed by atoms with Gasteiger partial charge in [-0.2, -0.15) is 0 Å². The summed E-state index contributed by atoms with van der Waals surface area (Å²) in [5.41, 5.74) is 2.81. The summed E-state index contributed by atoms with van der Waals surface area (Å²) in [6.45, 7) is 6.51. The Morgan fingerprint density at radius 2 is 1.76 bits per heavy atom. The van der Waals surface area contributed by atoms with Crippen LogP contribution in [0.2, 0.25) is 0 Å². The predicted octanol–water partition coefficient (Wildman–Crippen LogP) is 3.49. The molecular weight excluding hydrogens is 366 g/mol. The number of nitrogens with zero attached hydrogens (tertiary/aromatic N) is 3. The SMILES string of the molecule is Cc1ccc(-c2cc(C(=O)N3CCN(CCOc4ccccc4)CC3)on2)cc1. The van der Waals surface area contributed by atoms with E-state index in [1.807, 2.05) is 66.4 Å². The third kappa shape index (κ3) is 4.84. The molecule has 3 aromatic rings. The van der Waals surface area contributed by atoms with Gasteiger partial charge in [-0.25, -0.2) is 0 Å². The summed E-state index contributed by atoms with van der Waals surface area (Å²) in [4.78, 5) is 16.9. The number of benzene rings is 2. The van der Waals surface area contributed by atoms with Gasteiger partial charge in [-0.15, -0.1) is 0 Å². The molecule has 6 nitrogen and oxygen atoms in total. The molecule has 1 aliphatic heterocycles. The number of hydrogen-bond donors (Lipinski definition) is 0. The van der Waals surface area contributed by atoms with Gasteiger partial charge in [0.25, 0.3) is 5.91 Å². The van der Waals surface area contributed by atoms with E-state index in [2.05, 4.69) is 10.1 Å². The molecule has 6 heteroatoms. The number of piperazine rings is 1. The third-order valence-electron chi connectivity index (χ3n) is 5.15. The van der Waals surface area contributed by atoms with Crippen LogP contribution >= 0.6 is 0 Å². The normalized spacial score (nSPS) is 14.7. The van der Waals surface area contributed by atoms with Crippen molar-refractivity contribution in [1.29, 1.82) is 0 Å². The van der Waals surface area contributed by atoms with E-state index >= 15 is 0 Å². The smallest absolute Gasteiger partial charge is 0.292 e. The summed E-state index contributed by atoms with van der Waals surface area (Å²) < 4.78 is 11.1. The quantitative estimate of drug-likeness (QED) is 0.644. The summed E-state index contributed by atoms with van der Waals surface area (Å²) >= 11 is 0. The summed E-state index contributed by atoms with van der Waals surface area (Å²) in [5.74, 6) is 1.08. The zero-order valence-corrected chi connectivity index (χ0v) is 16.6. The highest BCUT2D eigenvalue weighted by atomic mass is 16.5. The van der Waals surface area contributed by atoms with E-state index in [0.29, 0.717) is 31.2 Å². The van der Waals surface area contributed by atoms with Gasteiger partial charge < -0.3 is 14.2 Å². The molecule has 1 saturated heterocycles. The summed E-state index contributed by atoms with van der Waals surface area (Å²) in [7, 11) is 0. The van der Waals surface area contributed by atoms with Crippen molar-refractivity contribution in [2.24, 2.45) is 0 Å². The second kappa shape index (κ2) is 8.92. The van der Waals surface area contributed by atoms with Crippen LogP contribution in [0.5, 0.6) is 5.75 Å². The molecule has 2 heterocycles. The van der Waals surface area contributed by atoms with E-state index in [9.17, 15) is 4.79 Å². The Hall–Kier alpha value is -3.12. The number of ether oxygens (including phenoxy) is 1. The Morgan fingerprint density at radius 3 is 2.48 bits per heavy atom. The number of amides is 1. The molecule has 1 aromatic heterocycles. The van der Waals surface area contributed by atoms with Crippen molar-refractivity contribution < 1.29 is 14.1 Å². The van der Waals surface area contributed by atoms with Gasteiger partial charge in [0.15, 0.2) is 0 Å². The highest BCUT2D eigenvalue weighted by molar-refractivity contribution is 5.92. The van der Waals surface area contributed by atoms with Crippen LogP contribution in [0.1, 0.15) is 16.1 Å². The highest BCUT2D eigenvalue weighted by Gasteiger charge is 2.25. The first kappa shape index (κ1) is 19.2. The minimum atomic E-state index is -0.101. The number of rotatable bonds is 6. The molecule has 0 saturated carbocycles. The first-order chi connectivity index (χ1) is 14.2. The van der Waals surface area contributed by atoms with Gasteiger partial charge in [-0.05, 0) is 19.1 Å². The topological polar surface area (TPSA) is 58.8 Å². The average molecular weight is 391 g/mol. The number of carbonyl (C=O) groups is 1. The van der Waals surface area contributed by atoms with Crippen LogP contribution in [0.25, 0.3) is 11.3 Å². The van der Waals surface area contributed by atoms with Crippen LogP contribution in [-0.2, 0) is 0 Å². The van der Waals surface area contributed by atoms with E-state index < -0.39 is 0 Å². The fourth-order valence-electron chi connectivity index (χ4n) is 3.38. The standard InChI is InChI=1S/C23H25N3O3/c1-18-7-9-19(10-8-18)21-17-22(29-24-21)23(27)26-13-11-25(12-14-26)15-16-28-20-5-3-2-4-6-20/h2-10,17H,11-16H2,1H3. The number of carbonyl (C=O) groups excluding carboxylic acids is 1. The monoisotopic (exact) mass is 391 g/mol. The molecule has 0 spiro atoms. The highest BCUT2D eigenvalue weighted by Crippen LogP contribution is 2.21. The Bertz CT molecular complexity index is 930. The van der Waals surface area contributed by atoms with Crippen molar-refractivity contribution in [2.75, 3.05) is 39.3 Å². The van der Waals surface area contributed by atoms with Crippen molar-refractivity contribution in [3.8, 4) is 17.0 Å². The van der Waals surface area contributed by atoms with Crippen molar-refractivity contribution >= 4 is 5.91 Å². The van der Waals surface area contributed by atoms with Crippen LogP contribution in [0.3, 0.4) is 0 Å². The first-order valence-corrected chi connectivity index (χ1v) is 9.92. The predicted molar refractivity (Wildman–Crippen MR) is 111 cm³/mol. The summed E-state index contributed by atoms with van der Waals surface area (Å²) in [6, 6.07) is 19.6. The molecular formula is C23H25N3O3. The minimum absolute atomic E-state index is 0.101. The van der Waals surface area contributed by atoms with Crippen LogP contribution < -0.4 is 4.74 Å². The maximum Gasteiger partial charge on any atom is 0.292 e. The molecule has 29 heavy (non-hydrogen) atoms. The van der Waals surface area contributed by atoms with E-state index in [0.717, 1.165) is 30.9 Å². The summed E-state index contributed by atoms with van der Waals surface area (Å²) in [6.07, 6.45) is 0. The molecule has 1 aliphatic rings. The van der Waals surface area contributed by atoms with Crippen LogP contribution in [0.4, 0.5) is 0 Å². The maximum absolute atomic E-state index is 12.8. The van der Waals surface area contributed by atoms with Gasteiger partial charge in [0.05, 0.1) is 0 Å². The minimum Gasteiger partial charge on any atom is -0.492 e. The van der Waals surface area contributed by atoms with Gasteiger partial charge in [0.2, 0.25) is 5.76 Å². The second-order valence-electron chi connectivity index (χ2n) is 7.24.